The number of nitrogens with zero attached hydrogens (tertiary/aromatic N) is 2. The van der Waals surface area contributed by atoms with E-state index in [4.69, 9.17) is 5.26 Å². The van der Waals surface area contributed by atoms with Crippen LogP contribution in [0.3, 0.4) is 0 Å². The van der Waals surface area contributed by atoms with Gasteiger partial charge in [-0.3, -0.25) is 9.78 Å². The van der Waals surface area contributed by atoms with Crippen molar-refractivity contribution in [2.75, 3.05) is 5.75 Å². The molecule has 0 amide bonds. The van der Waals surface area contributed by atoms with Crippen molar-refractivity contribution in [3.8, 4) is 6.07 Å². The first-order valence-corrected chi connectivity index (χ1v) is 10.9. The molecule has 0 aliphatic heterocycles. The zero-order valence-electron chi connectivity index (χ0n) is 15.1. The van der Waals surface area contributed by atoms with Crippen molar-refractivity contribution in [3.05, 3.63) is 65.5 Å². The molecular weight excluding hydrogens is 360 g/mol. The monoisotopic (exact) mass is 382 g/mol. The lowest BCUT2D eigenvalue weighted by Gasteiger charge is -2.35. The molecule has 1 aromatic heterocycles. The Morgan fingerprint density at radius 2 is 1.78 bits per heavy atom. The summed E-state index contributed by atoms with van der Waals surface area (Å²) in [5, 5.41) is 8.84. The van der Waals surface area contributed by atoms with Gasteiger partial charge in [0.25, 0.3) is 0 Å². The highest BCUT2D eigenvalue weighted by Crippen LogP contribution is 2.39. The van der Waals surface area contributed by atoms with E-state index in [2.05, 4.69) is 4.98 Å². The molecule has 2 aromatic rings. The Balaban J connectivity index is 1.81. The zero-order valence-corrected chi connectivity index (χ0v) is 15.9. The van der Waals surface area contributed by atoms with Gasteiger partial charge in [-0.15, -0.1) is 0 Å². The summed E-state index contributed by atoms with van der Waals surface area (Å²) in [6.45, 7) is 0. The maximum absolute atomic E-state index is 13.2. The van der Waals surface area contributed by atoms with Gasteiger partial charge in [0, 0.05) is 6.20 Å². The summed E-state index contributed by atoms with van der Waals surface area (Å²) < 4.78 is 25.3. The number of rotatable bonds is 6. The molecule has 0 bridgehead atoms. The summed E-state index contributed by atoms with van der Waals surface area (Å²) in [5.74, 6) is -0.943. The van der Waals surface area contributed by atoms with Crippen LogP contribution in [0.15, 0.2) is 48.7 Å². The maximum Gasteiger partial charge on any atom is 0.161 e. The van der Waals surface area contributed by atoms with Crippen molar-refractivity contribution >= 4 is 15.6 Å². The van der Waals surface area contributed by atoms with Crippen molar-refractivity contribution in [3.63, 3.8) is 0 Å². The molecule has 5 nitrogen and oxygen atoms in total. The van der Waals surface area contributed by atoms with Crippen LogP contribution in [0.2, 0.25) is 0 Å². The van der Waals surface area contributed by atoms with Crippen LogP contribution >= 0.6 is 0 Å². The number of ketones is 1. The lowest BCUT2D eigenvalue weighted by molar-refractivity contribution is -0.123. The van der Waals surface area contributed by atoms with Crippen molar-refractivity contribution in [2.24, 2.45) is 0 Å². The number of Topliss-reactive ketones (excluding diaryl/α,β-unsaturated/α-hetero) is 1. The highest BCUT2D eigenvalue weighted by molar-refractivity contribution is 7.91. The third-order valence-corrected chi connectivity index (χ3v) is 6.69. The van der Waals surface area contributed by atoms with E-state index in [-0.39, 0.29) is 11.5 Å². The molecule has 1 fully saturated rings. The van der Waals surface area contributed by atoms with E-state index in [1.54, 1.807) is 36.5 Å². The van der Waals surface area contributed by atoms with Crippen LogP contribution in [0.4, 0.5) is 0 Å². The molecule has 1 aromatic carbocycles. The fourth-order valence-corrected chi connectivity index (χ4v) is 5.28. The lowest BCUT2D eigenvalue weighted by Crippen LogP contribution is -2.42. The number of carbonyl (C=O) groups is 1. The van der Waals surface area contributed by atoms with E-state index in [0.29, 0.717) is 29.7 Å². The average Bonchev–Trinajstić information content (AvgIpc) is 2.69. The number of carbonyl (C=O) groups excluding carboxylic acids is 1. The Morgan fingerprint density at radius 3 is 2.37 bits per heavy atom. The lowest BCUT2D eigenvalue weighted by atomic mass is 9.69. The standard InChI is InChI=1S/C21H22N2O3S/c22-14-17-7-9-18(10-8-17)15-27(25,26)16-20(24)21(11-3-1-4-12-21)19-6-2-5-13-23-19/h2,5-10,13H,1,3-4,11-12,15-16H2. The number of nitriles is 1. The van der Waals surface area contributed by atoms with Crippen LogP contribution in [0, 0.1) is 11.3 Å². The Kier molecular flexibility index (Phi) is 5.71. The van der Waals surface area contributed by atoms with Gasteiger partial charge in [0.15, 0.2) is 15.6 Å². The molecule has 0 radical (unpaired) electrons. The molecule has 1 aliphatic carbocycles. The number of aromatic nitrogens is 1. The molecule has 1 saturated carbocycles. The normalized spacial score (nSPS) is 16.4. The summed E-state index contributed by atoms with van der Waals surface area (Å²) in [7, 11) is -3.61. The largest absolute Gasteiger partial charge is 0.297 e. The van der Waals surface area contributed by atoms with Crippen LogP contribution < -0.4 is 0 Å². The van der Waals surface area contributed by atoms with Crippen molar-refractivity contribution < 1.29 is 13.2 Å². The Bertz CT molecular complexity index is 939. The highest BCUT2D eigenvalue weighted by Gasteiger charge is 2.43. The zero-order chi connectivity index (χ0) is 19.3. The fraction of sp³-hybridized carbons (Fsp3) is 0.381. The van der Waals surface area contributed by atoms with Gasteiger partial charge in [-0.2, -0.15) is 5.26 Å². The SMILES string of the molecule is N#Cc1ccc(CS(=O)(=O)CC(=O)C2(c3ccccn3)CCCCC2)cc1. The predicted molar refractivity (Wildman–Crippen MR) is 103 cm³/mol. The minimum atomic E-state index is -3.61. The topological polar surface area (TPSA) is 87.9 Å². The molecule has 3 rings (SSSR count). The first kappa shape index (κ1) is 19.2. The molecule has 0 saturated heterocycles. The van der Waals surface area contributed by atoms with E-state index < -0.39 is 21.0 Å². The minimum absolute atomic E-state index is 0.206. The van der Waals surface area contributed by atoms with E-state index in [9.17, 15) is 13.2 Å². The van der Waals surface area contributed by atoms with Gasteiger partial charge in [-0.05, 0) is 42.7 Å². The van der Waals surface area contributed by atoms with Gasteiger partial charge in [0.05, 0.1) is 28.5 Å². The van der Waals surface area contributed by atoms with Gasteiger partial charge in [-0.25, -0.2) is 8.42 Å². The number of benzene rings is 1. The second-order valence-electron chi connectivity index (χ2n) is 7.12. The summed E-state index contributed by atoms with van der Waals surface area (Å²) in [4.78, 5) is 17.5. The number of hydrogen-bond donors (Lipinski definition) is 0. The molecule has 140 valence electrons. The number of pyridine rings is 1. The number of hydrogen-bond acceptors (Lipinski definition) is 5. The molecule has 27 heavy (non-hydrogen) atoms. The molecule has 1 aliphatic rings. The molecule has 0 spiro atoms. The molecular formula is C21H22N2O3S. The third-order valence-electron chi connectivity index (χ3n) is 5.22. The van der Waals surface area contributed by atoms with Crippen molar-refractivity contribution in [1.82, 2.24) is 4.98 Å². The van der Waals surface area contributed by atoms with E-state index >= 15 is 0 Å². The van der Waals surface area contributed by atoms with Crippen LogP contribution in [-0.4, -0.2) is 24.9 Å². The van der Waals surface area contributed by atoms with E-state index in [0.717, 1.165) is 19.3 Å². The first-order valence-electron chi connectivity index (χ1n) is 9.09. The fourth-order valence-electron chi connectivity index (χ4n) is 3.80. The molecule has 0 unspecified atom stereocenters. The summed E-state index contributed by atoms with van der Waals surface area (Å²) >= 11 is 0. The molecule has 6 heteroatoms. The molecule has 0 N–H and O–H groups in total. The van der Waals surface area contributed by atoms with Gasteiger partial charge >= 0.3 is 0 Å². The Hall–Kier alpha value is -2.52. The predicted octanol–water partition coefficient (Wildman–Crippen LogP) is 3.34. The quantitative estimate of drug-likeness (QED) is 0.764. The minimum Gasteiger partial charge on any atom is -0.297 e. The van der Waals surface area contributed by atoms with Gasteiger partial charge < -0.3 is 0 Å². The van der Waals surface area contributed by atoms with Crippen molar-refractivity contribution in [1.29, 1.82) is 5.26 Å². The molecule has 1 heterocycles. The first-order chi connectivity index (χ1) is 13.0. The van der Waals surface area contributed by atoms with Gasteiger partial charge in [-0.1, -0.05) is 37.5 Å². The smallest absolute Gasteiger partial charge is 0.161 e. The van der Waals surface area contributed by atoms with Crippen LogP contribution in [0.25, 0.3) is 0 Å². The van der Waals surface area contributed by atoms with Gasteiger partial charge in [0.1, 0.15) is 5.75 Å². The molecule has 0 atom stereocenters. The second kappa shape index (κ2) is 8.01. The van der Waals surface area contributed by atoms with Crippen LogP contribution in [-0.2, 0) is 25.8 Å². The third kappa shape index (κ3) is 4.42. The second-order valence-corrected chi connectivity index (χ2v) is 9.19. The van der Waals surface area contributed by atoms with E-state index in [1.165, 1.54) is 0 Å². The van der Waals surface area contributed by atoms with Crippen molar-refractivity contribution in [2.45, 2.75) is 43.3 Å². The Labute approximate surface area is 160 Å². The number of sulfone groups is 1. The van der Waals surface area contributed by atoms with Gasteiger partial charge in [0.2, 0.25) is 0 Å². The average molecular weight is 382 g/mol. The summed E-state index contributed by atoms with van der Waals surface area (Å²) in [6, 6.07) is 13.9. The summed E-state index contributed by atoms with van der Waals surface area (Å²) in [6.07, 6.45) is 5.81. The Morgan fingerprint density at radius 1 is 1.07 bits per heavy atom. The van der Waals surface area contributed by atoms with Crippen LogP contribution in [0.1, 0.15) is 48.9 Å². The summed E-state index contributed by atoms with van der Waals surface area (Å²) in [5.41, 5.74) is 0.946. The van der Waals surface area contributed by atoms with Crippen LogP contribution in [0.5, 0.6) is 0 Å². The highest BCUT2D eigenvalue weighted by atomic mass is 32.2. The van der Waals surface area contributed by atoms with E-state index in [1.807, 2.05) is 18.2 Å². The maximum atomic E-state index is 13.2.